The molecule has 1 N–H and O–H groups in total. The minimum absolute atomic E-state index is 0.00272. The molecule has 1 unspecified atom stereocenters. The Kier molecular flexibility index (Phi) is 4.27. The molecule has 0 amide bonds. The normalized spacial score (nSPS) is 12.6. The highest BCUT2D eigenvalue weighted by Crippen LogP contribution is 2.37. The molecule has 0 bridgehead atoms. The van der Waals surface area contributed by atoms with E-state index in [1.165, 1.54) is 6.92 Å². The minimum Gasteiger partial charge on any atom is -0.364 e. The summed E-state index contributed by atoms with van der Waals surface area (Å²) in [6, 6.07) is 0.326. The Balaban J connectivity index is 2.35. The molecule has 10 heteroatoms. The number of aromatic nitrogens is 4. The molecule has 0 radical (unpaired) electrons. The number of benzene rings is 1. The van der Waals surface area contributed by atoms with E-state index < -0.39 is 35.7 Å². The van der Waals surface area contributed by atoms with Crippen LogP contribution >= 0.6 is 11.6 Å². The second-order valence-electron chi connectivity index (χ2n) is 5.04. The topological polar surface area (TPSA) is 55.1 Å². The predicted molar refractivity (Wildman–Crippen MR) is 80.2 cm³/mol. The zero-order valence-electron chi connectivity index (χ0n) is 12.2. The summed E-state index contributed by atoms with van der Waals surface area (Å²) < 4.78 is 55.6. The molecule has 0 saturated heterocycles. The van der Waals surface area contributed by atoms with Crippen LogP contribution in [0.15, 0.2) is 18.5 Å². The van der Waals surface area contributed by atoms with Gasteiger partial charge < -0.3 is 5.32 Å². The highest BCUT2D eigenvalue weighted by molar-refractivity contribution is 6.33. The van der Waals surface area contributed by atoms with Gasteiger partial charge in [-0.05, 0) is 6.92 Å². The number of fused-ring (bicyclic) bond motifs is 1. The first kappa shape index (κ1) is 16.4. The largest absolute Gasteiger partial charge is 0.364 e. The van der Waals surface area contributed by atoms with Crippen LogP contribution in [0.4, 0.5) is 23.4 Å². The Morgan fingerprint density at radius 2 is 1.88 bits per heavy atom. The Morgan fingerprint density at radius 3 is 2.50 bits per heavy atom. The van der Waals surface area contributed by atoms with Crippen molar-refractivity contribution in [2.75, 3.05) is 12.0 Å². The van der Waals surface area contributed by atoms with Gasteiger partial charge in [0.25, 0.3) is 5.78 Å². The predicted octanol–water partition coefficient (Wildman–Crippen LogP) is 3.63. The van der Waals surface area contributed by atoms with Crippen LogP contribution in [0.2, 0.25) is 5.15 Å². The first-order chi connectivity index (χ1) is 11.4. The van der Waals surface area contributed by atoms with Crippen molar-refractivity contribution in [1.29, 1.82) is 0 Å². The molecule has 0 aliphatic carbocycles. The average molecular weight is 360 g/mol. The van der Waals surface area contributed by atoms with Gasteiger partial charge in [-0.3, -0.25) is 0 Å². The molecule has 126 valence electrons. The van der Waals surface area contributed by atoms with Crippen LogP contribution in [-0.2, 0) is 0 Å². The van der Waals surface area contributed by atoms with E-state index in [4.69, 9.17) is 11.6 Å². The van der Waals surface area contributed by atoms with Crippen molar-refractivity contribution in [2.45, 2.75) is 13.0 Å². The molecular weight excluding hydrogens is 350 g/mol. The van der Waals surface area contributed by atoms with E-state index in [0.717, 1.165) is 10.8 Å². The molecule has 5 nitrogen and oxygen atoms in total. The first-order valence-corrected chi connectivity index (χ1v) is 7.16. The lowest BCUT2D eigenvalue weighted by molar-refractivity contribution is 0.459. The standard InChI is InChI=1S/C14H10ClF4N5/c1-6(4-16)22-13-11(10-8(18)2-7(17)3-9(10)19)12(15)23-14-20-5-21-24(13)14/h2-3,5-6,22H,4H2,1H3. The fraction of sp³-hybridized carbons (Fsp3) is 0.214. The van der Waals surface area contributed by atoms with Crippen molar-refractivity contribution in [3.63, 3.8) is 0 Å². The molecule has 0 spiro atoms. The molecule has 1 aromatic carbocycles. The summed E-state index contributed by atoms with van der Waals surface area (Å²) in [6.07, 6.45) is 1.16. The second kappa shape index (κ2) is 6.23. The molecule has 24 heavy (non-hydrogen) atoms. The SMILES string of the molecule is CC(CF)Nc1c(-c2c(F)cc(F)cc2F)c(Cl)nc2ncnn12. The second-order valence-corrected chi connectivity index (χ2v) is 5.40. The van der Waals surface area contributed by atoms with E-state index in [-0.39, 0.29) is 22.3 Å². The van der Waals surface area contributed by atoms with Gasteiger partial charge in [0.1, 0.15) is 41.4 Å². The van der Waals surface area contributed by atoms with Gasteiger partial charge in [-0.25, -0.2) is 17.6 Å². The number of nitrogens with zero attached hydrogens (tertiary/aromatic N) is 4. The number of anilines is 1. The average Bonchev–Trinajstić information content (AvgIpc) is 2.96. The molecule has 0 aliphatic rings. The van der Waals surface area contributed by atoms with Crippen molar-refractivity contribution in [2.24, 2.45) is 0 Å². The van der Waals surface area contributed by atoms with Crippen molar-refractivity contribution in [1.82, 2.24) is 19.6 Å². The Morgan fingerprint density at radius 1 is 1.21 bits per heavy atom. The molecule has 2 heterocycles. The van der Waals surface area contributed by atoms with Gasteiger partial charge in [-0.2, -0.15) is 19.6 Å². The van der Waals surface area contributed by atoms with Crippen LogP contribution < -0.4 is 5.32 Å². The van der Waals surface area contributed by atoms with Crippen molar-refractivity contribution < 1.29 is 17.6 Å². The fourth-order valence-corrected chi connectivity index (χ4v) is 2.48. The van der Waals surface area contributed by atoms with E-state index in [2.05, 4.69) is 20.4 Å². The number of nitrogens with one attached hydrogen (secondary N) is 1. The smallest absolute Gasteiger partial charge is 0.255 e. The number of rotatable bonds is 4. The van der Waals surface area contributed by atoms with Gasteiger partial charge in [-0.15, -0.1) is 0 Å². The summed E-state index contributed by atoms with van der Waals surface area (Å²) in [4.78, 5) is 7.75. The molecule has 3 rings (SSSR count). The van der Waals surface area contributed by atoms with Crippen molar-refractivity contribution in [3.05, 3.63) is 41.1 Å². The van der Waals surface area contributed by atoms with Crippen LogP contribution in [0.1, 0.15) is 6.92 Å². The lowest BCUT2D eigenvalue weighted by Crippen LogP contribution is -2.21. The van der Waals surface area contributed by atoms with Crippen LogP contribution in [-0.4, -0.2) is 32.3 Å². The summed E-state index contributed by atoms with van der Waals surface area (Å²) in [5.74, 6) is -3.37. The third-order valence-corrected chi connectivity index (χ3v) is 3.53. The monoisotopic (exact) mass is 359 g/mol. The minimum atomic E-state index is -1.17. The zero-order valence-corrected chi connectivity index (χ0v) is 13.0. The number of hydrogen-bond donors (Lipinski definition) is 1. The fourth-order valence-electron chi connectivity index (χ4n) is 2.22. The third-order valence-electron chi connectivity index (χ3n) is 3.25. The van der Waals surface area contributed by atoms with E-state index in [1.807, 2.05) is 0 Å². The number of hydrogen-bond acceptors (Lipinski definition) is 4. The molecule has 0 fully saturated rings. The van der Waals surface area contributed by atoms with Gasteiger partial charge in [0.05, 0.1) is 17.2 Å². The summed E-state index contributed by atoms with van der Waals surface area (Å²) >= 11 is 6.06. The molecule has 3 aromatic rings. The summed E-state index contributed by atoms with van der Waals surface area (Å²) in [7, 11) is 0. The lowest BCUT2D eigenvalue weighted by Gasteiger charge is -2.18. The van der Waals surface area contributed by atoms with Crippen LogP contribution in [0.3, 0.4) is 0 Å². The van der Waals surface area contributed by atoms with Gasteiger partial charge >= 0.3 is 0 Å². The first-order valence-electron chi connectivity index (χ1n) is 6.79. The van der Waals surface area contributed by atoms with E-state index >= 15 is 0 Å². The van der Waals surface area contributed by atoms with Crippen molar-refractivity contribution in [3.8, 4) is 11.1 Å². The third kappa shape index (κ3) is 2.75. The van der Waals surface area contributed by atoms with E-state index in [1.54, 1.807) is 0 Å². The maximum absolute atomic E-state index is 14.2. The van der Waals surface area contributed by atoms with Gasteiger partial charge in [0.15, 0.2) is 0 Å². The number of alkyl halides is 1. The van der Waals surface area contributed by atoms with Gasteiger partial charge in [0, 0.05) is 12.1 Å². The number of halogens is 5. The maximum atomic E-state index is 14.2. The highest BCUT2D eigenvalue weighted by atomic mass is 35.5. The van der Waals surface area contributed by atoms with Crippen LogP contribution in [0.25, 0.3) is 16.9 Å². The summed E-state index contributed by atoms with van der Waals surface area (Å²) in [5, 5.41) is 6.34. The van der Waals surface area contributed by atoms with Crippen molar-refractivity contribution >= 4 is 23.2 Å². The van der Waals surface area contributed by atoms with E-state index in [0.29, 0.717) is 12.1 Å². The molecule has 0 saturated carbocycles. The quantitative estimate of drug-likeness (QED) is 0.571. The Labute approximate surface area is 138 Å². The molecular formula is C14H10ClF4N5. The van der Waals surface area contributed by atoms with Gasteiger partial charge in [0.2, 0.25) is 0 Å². The zero-order chi connectivity index (χ0) is 17.4. The Hall–Kier alpha value is -2.42. The molecule has 0 aliphatic heterocycles. The summed E-state index contributed by atoms with van der Waals surface area (Å²) in [6.45, 7) is 0.752. The maximum Gasteiger partial charge on any atom is 0.255 e. The molecule has 2 aromatic heterocycles. The van der Waals surface area contributed by atoms with Gasteiger partial charge in [-0.1, -0.05) is 11.6 Å². The van der Waals surface area contributed by atoms with E-state index in [9.17, 15) is 17.6 Å². The van der Waals surface area contributed by atoms with Crippen LogP contribution in [0.5, 0.6) is 0 Å². The van der Waals surface area contributed by atoms with Crippen LogP contribution in [0, 0.1) is 17.5 Å². The summed E-state index contributed by atoms with van der Waals surface area (Å²) in [5.41, 5.74) is -0.801. The highest BCUT2D eigenvalue weighted by Gasteiger charge is 2.24. The Bertz CT molecular complexity index is 891. The molecule has 1 atom stereocenters. The lowest BCUT2D eigenvalue weighted by atomic mass is 10.1.